The van der Waals surface area contributed by atoms with Crippen LogP contribution < -0.4 is 5.32 Å². The number of hydrogen-bond donors (Lipinski definition) is 1. The molecule has 0 bridgehead atoms. The van der Waals surface area contributed by atoms with E-state index in [0.717, 1.165) is 19.3 Å². The molecule has 0 aromatic heterocycles. The Balaban J connectivity index is 0.00000196. The van der Waals surface area contributed by atoms with Crippen LogP contribution in [0.15, 0.2) is 11.8 Å². The molecule has 0 amide bonds. The van der Waals surface area contributed by atoms with E-state index in [0.29, 0.717) is 12.0 Å². The molecule has 3 atom stereocenters. The molecule has 0 spiro atoms. The quantitative estimate of drug-likeness (QED) is 0.717. The summed E-state index contributed by atoms with van der Waals surface area (Å²) >= 11 is 0. The van der Waals surface area contributed by atoms with Crippen molar-refractivity contribution in [2.75, 3.05) is 0 Å². The minimum absolute atomic E-state index is 0. The summed E-state index contributed by atoms with van der Waals surface area (Å²) in [6.45, 7) is 8.77. The third-order valence-corrected chi connectivity index (χ3v) is 3.04. The van der Waals surface area contributed by atoms with Crippen LogP contribution in [0.3, 0.4) is 0 Å². The maximum Gasteiger partial charge on any atom is 0.127 e. The molecule has 1 N–H and O–H groups in total. The number of hydrogen-bond acceptors (Lipinski definition) is 2. The van der Waals surface area contributed by atoms with Gasteiger partial charge in [0.25, 0.3) is 0 Å². The fourth-order valence-electron chi connectivity index (χ4n) is 1.83. The van der Waals surface area contributed by atoms with E-state index < -0.39 is 0 Å². The average Bonchev–Trinajstić information content (AvgIpc) is 2.55. The fourth-order valence-corrected chi connectivity index (χ4v) is 1.83. The van der Waals surface area contributed by atoms with Crippen molar-refractivity contribution in [1.82, 2.24) is 5.32 Å². The highest BCUT2D eigenvalue weighted by Gasteiger charge is 2.29. The van der Waals surface area contributed by atoms with Crippen LogP contribution in [0.25, 0.3) is 0 Å². The predicted molar refractivity (Wildman–Crippen MR) is 65.7 cm³/mol. The first kappa shape index (κ1) is 14.6. The van der Waals surface area contributed by atoms with Crippen molar-refractivity contribution < 1.29 is 4.74 Å². The number of rotatable bonds is 4. The van der Waals surface area contributed by atoms with Gasteiger partial charge in [-0.3, -0.25) is 0 Å². The molecule has 1 aliphatic rings. The summed E-state index contributed by atoms with van der Waals surface area (Å²) in [5.41, 5.74) is 1.38. The molecule has 1 fully saturated rings. The molecular weight excluding hydrogens is 185 g/mol. The van der Waals surface area contributed by atoms with Crippen LogP contribution >= 0.6 is 0 Å². The molecule has 3 radical (unpaired) electrons. The lowest BCUT2D eigenvalue weighted by molar-refractivity contribution is 0.0239. The summed E-state index contributed by atoms with van der Waals surface area (Å²) in [6.07, 6.45) is 6.13. The second-order valence-electron chi connectivity index (χ2n) is 4.30. The highest BCUT2D eigenvalue weighted by atomic mass is 16.5. The lowest BCUT2D eigenvalue weighted by Crippen LogP contribution is -2.24. The zero-order valence-corrected chi connectivity index (χ0v) is 10.4. The van der Waals surface area contributed by atoms with E-state index in [1.165, 1.54) is 5.57 Å². The second-order valence-corrected chi connectivity index (χ2v) is 4.30. The molecule has 3 heteroatoms. The summed E-state index contributed by atoms with van der Waals surface area (Å²) in [5.74, 6) is 0.688. The van der Waals surface area contributed by atoms with Crippen molar-refractivity contribution in [3.63, 3.8) is 0 Å². The van der Waals surface area contributed by atoms with E-state index in [-0.39, 0.29) is 14.6 Å². The van der Waals surface area contributed by atoms with Gasteiger partial charge in [0.05, 0.1) is 6.10 Å². The summed E-state index contributed by atoms with van der Waals surface area (Å²) in [5, 5.41) is 3.34. The Labute approximate surface area is 96.0 Å². The Kier molecular flexibility index (Phi) is 6.74. The summed E-state index contributed by atoms with van der Waals surface area (Å²) in [6, 6.07) is 0. The van der Waals surface area contributed by atoms with Gasteiger partial charge in [-0.05, 0) is 38.3 Å². The number of ether oxygens (including phenoxy) is 1. The van der Waals surface area contributed by atoms with Crippen LogP contribution in [0.4, 0.5) is 0 Å². The molecule has 2 nitrogen and oxygen atoms in total. The number of nitrogens with one attached hydrogen (secondary N) is 1. The minimum atomic E-state index is 0. The van der Waals surface area contributed by atoms with Crippen LogP contribution in [0.1, 0.15) is 47.0 Å². The molecule has 0 aromatic carbocycles. The standard InChI is InChI=1S/C12H23NO.B/c1-5-9(3)8-13-12-7-10(4)11(6-2)14-12;/h8,10-13H,5-7H2,1-4H3;/b9-8+;. The fraction of sp³-hybridized carbons (Fsp3) is 0.833. The van der Waals surface area contributed by atoms with Gasteiger partial charge in [-0.25, -0.2) is 0 Å². The molecule has 1 aliphatic heterocycles. The zero-order chi connectivity index (χ0) is 10.6. The van der Waals surface area contributed by atoms with E-state index >= 15 is 0 Å². The molecule has 15 heavy (non-hydrogen) atoms. The van der Waals surface area contributed by atoms with Crippen LogP contribution in [-0.2, 0) is 4.74 Å². The lowest BCUT2D eigenvalue weighted by atomic mass is 10.0. The summed E-state index contributed by atoms with van der Waals surface area (Å²) in [4.78, 5) is 0. The molecule has 0 saturated carbocycles. The van der Waals surface area contributed by atoms with Crippen molar-refractivity contribution in [3.8, 4) is 0 Å². The van der Waals surface area contributed by atoms with Gasteiger partial charge in [0.15, 0.2) is 0 Å². The maximum absolute atomic E-state index is 5.86. The molecule has 1 rings (SSSR count). The molecule has 85 valence electrons. The van der Waals surface area contributed by atoms with Gasteiger partial charge in [-0.1, -0.05) is 26.3 Å². The lowest BCUT2D eigenvalue weighted by Gasteiger charge is -2.13. The Morgan fingerprint density at radius 1 is 1.47 bits per heavy atom. The summed E-state index contributed by atoms with van der Waals surface area (Å²) < 4.78 is 5.86. The van der Waals surface area contributed by atoms with Crippen molar-refractivity contribution in [2.45, 2.75) is 59.3 Å². The van der Waals surface area contributed by atoms with Crippen molar-refractivity contribution in [2.24, 2.45) is 5.92 Å². The second kappa shape index (κ2) is 6.94. The van der Waals surface area contributed by atoms with Gasteiger partial charge in [0.2, 0.25) is 0 Å². The maximum atomic E-state index is 5.86. The van der Waals surface area contributed by atoms with Gasteiger partial charge in [-0.2, -0.15) is 0 Å². The Morgan fingerprint density at radius 2 is 2.13 bits per heavy atom. The smallest absolute Gasteiger partial charge is 0.127 e. The average molecular weight is 208 g/mol. The van der Waals surface area contributed by atoms with E-state index in [4.69, 9.17) is 4.74 Å². The largest absolute Gasteiger partial charge is 0.366 e. The van der Waals surface area contributed by atoms with Crippen molar-refractivity contribution in [1.29, 1.82) is 0 Å². The van der Waals surface area contributed by atoms with E-state index in [2.05, 4.69) is 39.2 Å². The first-order chi connectivity index (χ1) is 6.67. The van der Waals surface area contributed by atoms with E-state index in [1.54, 1.807) is 0 Å². The van der Waals surface area contributed by atoms with Crippen molar-refractivity contribution >= 4 is 8.41 Å². The highest BCUT2D eigenvalue weighted by molar-refractivity contribution is 5.75. The Hall–Kier alpha value is -0.435. The van der Waals surface area contributed by atoms with Gasteiger partial charge in [0, 0.05) is 8.41 Å². The first-order valence-electron chi connectivity index (χ1n) is 5.74. The molecular formula is C12H23BNO. The van der Waals surface area contributed by atoms with Gasteiger partial charge in [-0.15, -0.1) is 0 Å². The normalized spacial score (nSPS) is 31.2. The predicted octanol–water partition coefficient (Wildman–Crippen LogP) is 2.67. The number of allylic oxidation sites excluding steroid dienone is 1. The Morgan fingerprint density at radius 3 is 2.60 bits per heavy atom. The van der Waals surface area contributed by atoms with E-state index in [9.17, 15) is 0 Å². The van der Waals surface area contributed by atoms with Gasteiger partial charge in [0.1, 0.15) is 6.23 Å². The molecule has 0 aromatic rings. The first-order valence-corrected chi connectivity index (χ1v) is 5.74. The molecule has 3 unspecified atom stereocenters. The monoisotopic (exact) mass is 208 g/mol. The third-order valence-electron chi connectivity index (χ3n) is 3.04. The van der Waals surface area contributed by atoms with Crippen LogP contribution in [0, 0.1) is 5.92 Å². The van der Waals surface area contributed by atoms with Crippen LogP contribution in [0.2, 0.25) is 0 Å². The zero-order valence-electron chi connectivity index (χ0n) is 10.4. The van der Waals surface area contributed by atoms with E-state index in [1.807, 2.05) is 0 Å². The van der Waals surface area contributed by atoms with Crippen molar-refractivity contribution in [3.05, 3.63) is 11.8 Å². The Bertz CT molecular complexity index is 206. The molecule has 1 saturated heterocycles. The van der Waals surface area contributed by atoms with Gasteiger partial charge >= 0.3 is 0 Å². The van der Waals surface area contributed by atoms with Gasteiger partial charge < -0.3 is 10.1 Å². The molecule has 0 aliphatic carbocycles. The highest BCUT2D eigenvalue weighted by Crippen LogP contribution is 2.26. The summed E-state index contributed by atoms with van der Waals surface area (Å²) in [7, 11) is 0. The minimum Gasteiger partial charge on any atom is -0.366 e. The molecule has 1 heterocycles. The SMILES string of the molecule is CC/C(C)=C/NC1CC(C)C(CC)O1.[B]. The third kappa shape index (κ3) is 4.29. The van der Waals surface area contributed by atoms with Crippen LogP contribution in [0.5, 0.6) is 0 Å². The van der Waals surface area contributed by atoms with Crippen LogP contribution in [-0.4, -0.2) is 20.7 Å². The topological polar surface area (TPSA) is 21.3 Å².